The number of fused-ring (bicyclic) bond motifs is 8. The molecule has 0 bridgehead atoms. The number of nitrogens with one attached hydrogen (secondary N) is 1. The Hall–Kier alpha value is -3.15. The van der Waals surface area contributed by atoms with Gasteiger partial charge in [0.25, 0.3) is 5.91 Å². The van der Waals surface area contributed by atoms with Crippen LogP contribution in [0.3, 0.4) is 0 Å². The molecule has 1 aliphatic carbocycles. The minimum absolute atomic E-state index is 0.0371. The predicted molar refractivity (Wildman–Crippen MR) is 87.1 cm³/mol. The van der Waals surface area contributed by atoms with Crippen LogP contribution in [0.5, 0.6) is 23.0 Å². The molecular formula is C19H13NO5. The Kier molecular flexibility index (Phi) is 2.36. The predicted octanol–water partition coefficient (Wildman–Crippen LogP) is 2.74. The number of rotatable bonds is 0. The maximum Gasteiger partial charge on any atom is 0.256 e. The Balaban J connectivity index is 1.53. The van der Waals surface area contributed by atoms with E-state index in [0.29, 0.717) is 17.1 Å². The highest BCUT2D eigenvalue weighted by molar-refractivity contribution is 6.01. The zero-order valence-electron chi connectivity index (χ0n) is 13.1. The highest BCUT2D eigenvalue weighted by atomic mass is 16.7. The Morgan fingerprint density at radius 2 is 1.72 bits per heavy atom. The lowest BCUT2D eigenvalue weighted by molar-refractivity contribution is 0.0914. The molecule has 6 heteroatoms. The van der Waals surface area contributed by atoms with Gasteiger partial charge < -0.3 is 24.3 Å². The Morgan fingerprint density at radius 1 is 0.920 bits per heavy atom. The van der Waals surface area contributed by atoms with E-state index in [9.17, 15) is 4.79 Å². The summed E-state index contributed by atoms with van der Waals surface area (Å²) < 4.78 is 21.9. The number of benzene rings is 2. The van der Waals surface area contributed by atoms with Crippen LogP contribution >= 0.6 is 0 Å². The Morgan fingerprint density at radius 3 is 2.64 bits per heavy atom. The van der Waals surface area contributed by atoms with Crippen LogP contribution < -0.4 is 24.3 Å². The van der Waals surface area contributed by atoms with E-state index < -0.39 is 0 Å². The van der Waals surface area contributed by atoms with Crippen LogP contribution in [-0.4, -0.2) is 19.5 Å². The molecule has 2 atom stereocenters. The summed E-state index contributed by atoms with van der Waals surface area (Å²) in [6.45, 7) is 0.379. The summed E-state index contributed by atoms with van der Waals surface area (Å²) in [5.74, 6) is 2.52. The standard InChI is InChI=1S/C19H13NO5/c21-19-16-10(3-4-13-18(16)25-8-22-13)11-2-1-9-5-14-15(24-7-23-14)6-12(9)17(11)20-19/h1-6,11,17H,7-8H2,(H,20,21). The molecule has 0 saturated carbocycles. The molecule has 124 valence electrons. The molecule has 25 heavy (non-hydrogen) atoms. The van der Waals surface area contributed by atoms with Crippen molar-refractivity contribution in [3.8, 4) is 23.0 Å². The van der Waals surface area contributed by atoms with Crippen LogP contribution in [-0.2, 0) is 0 Å². The van der Waals surface area contributed by atoms with Gasteiger partial charge in [0.05, 0.1) is 11.6 Å². The van der Waals surface area contributed by atoms with Gasteiger partial charge in [0, 0.05) is 5.92 Å². The summed E-state index contributed by atoms with van der Waals surface area (Å²) in [5.41, 5.74) is 3.60. The fraction of sp³-hybridized carbons (Fsp3) is 0.211. The normalized spacial score (nSPS) is 23.6. The van der Waals surface area contributed by atoms with E-state index in [2.05, 4.69) is 17.5 Å². The molecule has 6 rings (SSSR count). The first kappa shape index (κ1) is 13.2. The van der Waals surface area contributed by atoms with Gasteiger partial charge in [-0.3, -0.25) is 4.79 Å². The molecule has 2 aromatic rings. The minimum atomic E-state index is -0.144. The van der Waals surface area contributed by atoms with Crippen LogP contribution in [0.25, 0.3) is 6.08 Å². The van der Waals surface area contributed by atoms with Gasteiger partial charge in [0.1, 0.15) is 0 Å². The fourth-order valence-electron chi connectivity index (χ4n) is 4.06. The van der Waals surface area contributed by atoms with Gasteiger partial charge in [-0.15, -0.1) is 0 Å². The molecule has 0 fully saturated rings. The van der Waals surface area contributed by atoms with Crippen molar-refractivity contribution in [1.29, 1.82) is 0 Å². The maximum absolute atomic E-state index is 12.8. The van der Waals surface area contributed by atoms with Crippen LogP contribution in [0.1, 0.15) is 39.0 Å². The second kappa shape index (κ2) is 4.47. The number of carbonyl (C=O) groups excluding carboxylic acids is 1. The van der Waals surface area contributed by atoms with Crippen molar-refractivity contribution < 1.29 is 23.7 Å². The molecule has 3 heterocycles. The van der Waals surface area contributed by atoms with E-state index in [-0.39, 0.29) is 31.5 Å². The quantitative estimate of drug-likeness (QED) is 0.802. The lowest BCUT2D eigenvalue weighted by Crippen LogP contribution is -2.39. The molecule has 3 aliphatic heterocycles. The summed E-state index contributed by atoms with van der Waals surface area (Å²) in [5, 5.41) is 3.13. The van der Waals surface area contributed by atoms with Crippen molar-refractivity contribution in [2.24, 2.45) is 0 Å². The second-order valence-electron chi connectivity index (χ2n) is 6.43. The van der Waals surface area contributed by atoms with Crippen molar-refractivity contribution in [3.63, 3.8) is 0 Å². The summed E-state index contributed by atoms with van der Waals surface area (Å²) in [4.78, 5) is 12.8. The summed E-state index contributed by atoms with van der Waals surface area (Å²) >= 11 is 0. The molecule has 0 aromatic heterocycles. The van der Waals surface area contributed by atoms with E-state index in [0.717, 1.165) is 28.2 Å². The molecule has 1 N–H and O–H groups in total. The van der Waals surface area contributed by atoms with Gasteiger partial charge in [-0.2, -0.15) is 0 Å². The first-order chi connectivity index (χ1) is 12.3. The number of amides is 1. The van der Waals surface area contributed by atoms with Gasteiger partial charge in [-0.1, -0.05) is 18.2 Å². The van der Waals surface area contributed by atoms with Gasteiger partial charge in [0.2, 0.25) is 13.6 Å². The van der Waals surface area contributed by atoms with Crippen molar-refractivity contribution in [1.82, 2.24) is 5.32 Å². The number of hydrogen-bond donors (Lipinski definition) is 1. The van der Waals surface area contributed by atoms with Crippen LogP contribution in [0.2, 0.25) is 0 Å². The molecule has 2 aromatic carbocycles. The largest absolute Gasteiger partial charge is 0.454 e. The van der Waals surface area contributed by atoms with E-state index in [1.807, 2.05) is 24.3 Å². The third kappa shape index (κ3) is 1.66. The fourth-order valence-corrected chi connectivity index (χ4v) is 4.06. The van der Waals surface area contributed by atoms with Crippen molar-refractivity contribution in [3.05, 3.63) is 52.6 Å². The Bertz CT molecular complexity index is 980. The van der Waals surface area contributed by atoms with Gasteiger partial charge >= 0.3 is 0 Å². The van der Waals surface area contributed by atoms with Gasteiger partial charge in [-0.25, -0.2) is 0 Å². The third-order valence-electron chi connectivity index (χ3n) is 5.20. The monoisotopic (exact) mass is 335 g/mol. The molecule has 4 aliphatic rings. The third-order valence-corrected chi connectivity index (χ3v) is 5.20. The number of hydrogen-bond acceptors (Lipinski definition) is 5. The van der Waals surface area contributed by atoms with Crippen molar-refractivity contribution >= 4 is 12.0 Å². The van der Waals surface area contributed by atoms with Gasteiger partial charge in [0.15, 0.2) is 23.0 Å². The SMILES string of the molecule is O=C1NC2c3cc4c(cc3C=CC2c2ccc3c(c21)OCO3)OCO4. The first-order valence-electron chi connectivity index (χ1n) is 8.15. The highest BCUT2D eigenvalue weighted by Gasteiger charge is 2.40. The molecular weight excluding hydrogens is 322 g/mol. The number of ether oxygens (including phenoxy) is 4. The molecule has 0 radical (unpaired) electrons. The van der Waals surface area contributed by atoms with E-state index >= 15 is 0 Å². The lowest BCUT2D eigenvalue weighted by Gasteiger charge is -2.36. The Labute approximate surface area is 142 Å². The van der Waals surface area contributed by atoms with E-state index in [4.69, 9.17) is 18.9 Å². The first-order valence-corrected chi connectivity index (χ1v) is 8.15. The molecule has 0 spiro atoms. The smallest absolute Gasteiger partial charge is 0.256 e. The van der Waals surface area contributed by atoms with Crippen molar-refractivity contribution in [2.45, 2.75) is 12.0 Å². The summed E-state index contributed by atoms with van der Waals surface area (Å²) in [6.07, 6.45) is 4.19. The van der Waals surface area contributed by atoms with Crippen LogP contribution in [0, 0.1) is 0 Å². The average Bonchev–Trinajstić information content (AvgIpc) is 3.28. The lowest BCUT2D eigenvalue weighted by atomic mass is 9.76. The minimum Gasteiger partial charge on any atom is -0.454 e. The summed E-state index contributed by atoms with van der Waals surface area (Å²) in [6, 6.07) is 7.62. The molecule has 0 saturated heterocycles. The van der Waals surface area contributed by atoms with Gasteiger partial charge in [-0.05, 0) is 34.9 Å². The second-order valence-corrected chi connectivity index (χ2v) is 6.43. The topological polar surface area (TPSA) is 66.0 Å². The summed E-state index contributed by atoms with van der Waals surface area (Å²) in [7, 11) is 0. The molecule has 6 nitrogen and oxygen atoms in total. The molecule has 1 amide bonds. The highest BCUT2D eigenvalue weighted by Crippen LogP contribution is 2.50. The number of carbonyl (C=O) groups is 1. The van der Waals surface area contributed by atoms with Crippen molar-refractivity contribution in [2.75, 3.05) is 13.6 Å². The van der Waals surface area contributed by atoms with Crippen LogP contribution in [0.15, 0.2) is 30.3 Å². The van der Waals surface area contributed by atoms with E-state index in [1.54, 1.807) is 0 Å². The van der Waals surface area contributed by atoms with E-state index in [1.165, 1.54) is 0 Å². The zero-order valence-corrected chi connectivity index (χ0v) is 13.1. The maximum atomic E-state index is 12.8. The molecule has 2 unspecified atom stereocenters. The zero-order chi connectivity index (χ0) is 16.5. The average molecular weight is 335 g/mol. The van der Waals surface area contributed by atoms with Crippen LogP contribution in [0.4, 0.5) is 0 Å².